The van der Waals surface area contributed by atoms with E-state index in [0.717, 1.165) is 22.9 Å². The van der Waals surface area contributed by atoms with Gasteiger partial charge in [0.15, 0.2) is 11.5 Å². The Kier molecular flexibility index (Phi) is 2.11. The molecule has 2 aromatic carbocycles. The Balaban J connectivity index is 2.26. The lowest BCUT2D eigenvalue weighted by atomic mass is 10.1. The van der Waals surface area contributed by atoms with E-state index in [2.05, 4.69) is 37.9 Å². The minimum Gasteiger partial charge on any atom is -0.453 e. The third kappa shape index (κ3) is 1.41. The number of nitrogens with zero attached hydrogens (tertiary/aromatic N) is 1. The van der Waals surface area contributed by atoms with E-state index in [1.54, 1.807) is 0 Å². The second-order valence-electron chi connectivity index (χ2n) is 4.50. The van der Waals surface area contributed by atoms with E-state index in [9.17, 15) is 0 Å². The van der Waals surface area contributed by atoms with Gasteiger partial charge in [0.05, 0.1) is 11.4 Å². The van der Waals surface area contributed by atoms with Crippen molar-refractivity contribution in [2.24, 2.45) is 0 Å². The van der Waals surface area contributed by atoms with Crippen molar-refractivity contribution in [2.75, 3.05) is 11.9 Å². The van der Waals surface area contributed by atoms with E-state index in [1.807, 2.05) is 24.3 Å². The van der Waals surface area contributed by atoms with Crippen molar-refractivity contribution >= 4 is 11.4 Å². The Morgan fingerprint density at radius 2 is 1.29 bits per heavy atom. The van der Waals surface area contributed by atoms with E-state index >= 15 is 0 Å². The Bertz CT molecular complexity index is 538. The van der Waals surface area contributed by atoms with Crippen molar-refractivity contribution in [3.8, 4) is 11.5 Å². The molecule has 2 aromatic rings. The highest BCUT2D eigenvalue weighted by Crippen LogP contribution is 2.48. The van der Waals surface area contributed by atoms with Gasteiger partial charge in [0.1, 0.15) is 0 Å². The van der Waals surface area contributed by atoms with E-state index < -0.39 is 0 Å². The molecule has 0 unspecified atom stereocenters. The fraction of sp³-hybridized carbons (Fsp3) is 0.200. The summed E-state index contributed by atoms with van der Waals surface area (Å²) in [5, 5.41) is 0. The zero-order chi connectivity index (χ0) is 12.0. The van der Waals surface area contributed by atoms with Gasteiger partial charge in [-0.1, -0.05) is 24.3 Å². The third-order valence-electron chi connectivity index (χ3n) is 3.29. The highest BCUT2D eigenvalue weighted by atomic mass is 16.5. The van der Waals surface area contributed by atoms with Crippen molar-refractivity contribution in [1.82, 2.24) is 0 Å². The van der Waals surface area contributed by atoms with Gasteiger partial charge < -0.3 is 9.64 Å². The minimum absolute atomic E-state index is 0.936. The van der Waals surface area contributed by atoms with Gasteiger partial charge in [-0.15, -0.1) is 0 Å². The second kappa shape index (κ2) is 3.52. The molecule has 0 radical (unpaired) electrons. The molecular formula is C15H15NO. The van der Waals surface area contributed by atoms with E-state index in [4.69, 9.17) is 4.74 Å². The quantitative estimate of drug-likeness (QED) is 0.667. The third-order valence-corrected chi connectivity index (χ3v) is 3.29. The van der Waals surface area contributed by atoms with Crippen molar-refractivity contribution in [3.05, 3.63) is 47.5 Å². The molecular weight excluding hydrogens is 210 g/mol. The van der Waals surface area contributed by atoms with Gasteiger partial charge >= 0.3 is 0 Å². The first-order chi connectivity index (χ1) is 8.18. The van der Waals surface area contributed by atoms with Gasteiger partial charge in [0.25, 0.3) is 0 Å². The maximum atomic E-state index is 5.97. The molecule has 2 heteroatoms. The molecule has 3 rings (SSSR count). The van der Waals surface area contributed by atoms with Crippen LogP contribution in [0.2, 0.25) is 0 Å². The molecule has 0 saturated heterocycles. The average molecular weight is 225 g/mol. The largest absolute Gasteiger partial charge is 0.453 e. The molecule has 0 fully saturated rings. The van der Waals surface area contributed by atoms with Crippen molar-refractivity contribution in [2.45, 2.75) is 13.8 Å². The Labute approximate surface area is 101 Å². The van der Waals surface area contributed by atoms with Crippen LogP contribution < -0.4 is 9.64 Å². The molecule has 0 bridgehead atoms. The van der Waals surface area contributed by atoms with Crippen LogP contribution in [0, 0.1) is 13.8 Å². The van der Waals surface area contributed by atoms with Gasteiger partial charge in [-0.2, -0.15) is 0 Å². The van der Waals surface area contributed by atoms with Gasteiger partial charge in [-0.3, -0.25) is 0 Å². The maximum absolute atomic E-state index is 5.97. The fourth-order valence-corrected chi connectivity index (χ4v) is 2.52. The molecule has 1 aliphatic rings. The van der Waals surface area contributed by atoms with Gasteiger partial charge in [-0.25, -0.2) is 0 Å². The summed E-state index contributed by atoms with van der Waals surface area (Å²) < 4.78 is 5.97. The molecule has 2 nitrogen and oxygen atoms in total. The Morgan fingerprint density at radius 3 is 1.76 bits per heavy atom. The summed E-state index contributed by atoms with van der Waals surface area (Å²) >= 11 is 0. The topological polar surface area (TPSA) is 12.5 Å². The first kappa shape index (κ1) is 10.2. The molecule has 17 heavy (non-hydrogen) atoms. The van der Waals surface area contributed by atoms with Gasteiger partial charge in [0.2, 0.25) is 0 Å². The SMILES string of the molecule is Cc1cccc2c1N(C)c1c(C)cccc1O2. The summed E-state index contributed by atoms with van der Waals surface area (Å²) in [5.41, 5.74) is 4.79. The van der Waals surface area contributed by atoms with E-state index in [-0.39, 0.29) is 0 Å². The van der Waals surface area contributed by atoms with Crippen LogP contribution in [0.25, 0.3) is 0 Å². The minimum atomic E-state index is 0.936. The van der Waals surface area contributed by atoms with Crippen molar-refractivity contribution < 1.29 is 4.74 Å². The zero-order valence-corrected chi connectivity index (χ0v) is 10.3. The highest BCUT2D eigenvalue weighted by Gasteiger charge is 2.23. The molecule has 0 atom stereocenters. The van der Waals surface area contributed by atoms with Crippen molar-refractivity contribution in [1.29, 1.82) is 0 Å². The molecule has 0 aromatic heterocycles. The summed E-state index contributed by atoms with van der Waals surface area (Å²) in [7, 11) is 2.10. The van der Waals surface area contributed by atoms with Crippen LogP contribution in [-0.2, 0) is 0 Å². The lowest BCUT2D eigenvalue weighted by molar-refractivity contribution is 0.474. The van der Waals surface area contributed by atoms with Crippen LogP contribution in [0.3, 0.4) is 0 Å². The predicted molar refractivity (Wildman–Crippen MR) is 70.5 cm³/mol. The van der Waals surface area contributed by atoms with Gasteiger partial charge in [0, 0.05) is 7.05 Å². The summed E-state index contributed by atoms with van der Waals surface area (Å²) in [6.45, 7) is 4.23. The van der Waals surface area contributed by atoms with Crippen LogP contribution in [0.15, 0.2) is 36.4 Å². The number of para-hydroxylation sites is 2. The lowest BCUT2D eigenvalue weighted by Crippen LogP contribution is -2.17. The number of fused-ring (bicyclic) bond motifs is 2. The van der Waals surface area contributed by atoms with E-state index in [1.165, 1.54) is 11.1 Å². The number of hydrogen-bond donors (Lipinski definition) is 0. The number of anilines is 2. The smallest absolute Gasteiger partial charge is 0.151 e. The first-order valence-electron chi connectivity index (χ1n) is 5.79. The molecule has 0 amide bonds. The normalized spacial score (nSPS) is 12.8. The van der Waals surface area contributed by atoms with E-state index in [0.29, 0.717) is 0 Å². The van der Waals surface area contributed by atoms with Crippen LogP contribution in [-0.4, -0.2) is 7.05 Å². The van der Waals surface area contributed by atoms with Crippen LogP contribution >= 0.6 is 0 Å². The lowest BCUT2D eigenvalue weighted by Gasteiger charge is -2.32. The zero-order valence-electron chi connectivity index (χ0n) is 10.3. The second-order valence-corrected chi connectivity index (χ2v) is 4.50. The predicted octanol–water partition coefficient (Wildman–Crippen LogP) is 4.18. The Hall–Kier alpha value is -1.96. The Morgan fingerprint density at radius 1 is 0.824 bits per heavy atom. The maximum Gasteiger partial charge on any atom is 0.151 e. The summed E-state index contributed by atoms with van der Waals surface area (Å²) in [4.78, 5) is 2.22. The molecule has 0 aliphatic carbocycles. The number of ether oxygens (including phenoxy) is 1. The molecule has 1 aliphatic heterocycles. The van der Waals surface area contributed by atoms with Crippen LogP contribution in [0.5, 0.6) is 11.5 Å². The van der Waals surface area contributed by atoms with Gasteiger partial charge in [-0.05, 0) is 37.1 Å². The van der Waals surface area contributed by atoms with Crippen molar-refractivity contribution in [3.63, 3.8) is 0 Å². The number of benzene rings is 2. The standard InChI is InChI=1S/C15H15NO/c1-10-6-4-8-12-14(10)16(3)15-11(2)7-5-9-13(15)17-12/h4-9H,1-3H3. The molecule has 0 spiro atoms. The molecule has 0 saturated carbocycles. The van der Waals surface area contributed by atoms with Crippen LogP contribution in [0.1, 0.15) is 11.1 Å². The monoisotopic (exact) mass is 225 g/mol. The number of aryl methyl sites for hydroxylation is 2. The first-order valence-corrected chi connectivity index (χ1v) is 5.79. The summed E-state index contributed by atoms with van der Waals surface area (Å²) in [6.07, 6.45) is 0. The van der Waals surface area contributed by atoms with Crippen LogP contribution in [0.4, 0.5) is 11.4 Å². The summed E-state index contributed by atoms with van der Waals surface area (Å²) in [6, 6.07) is 12.3. The fourth-order valence-electron chi connectivity index (χ4n) is 2.52. The molecule has 86 valence electrons. The molecule has 0 N–H and O–H groups in total. The molecule has 1 heterocycles. The highest BCUT2D eigenvalue weighted by molar-refractivity contribution is 5.81. The number of hydrogen-bond acceptors (Lipinski definition) is 2. The number of rotatable bonds is 0. The summed E-state index contributed by atoms with van der Waals surface area (Å²) in [5.74, 6) is 1.87. The average Bonchev–Trinajstić information content (AvgIpc) is 2.28.